The number of rotatable bonds is 5. The molecule has 4 nitrogen and oxygen atoms in total. The van der Waals surface area contributed by atoms with E-state index in [2.05, 4.69) is 0 Å². The van der Waals surface area contributed by atoms with E-state index in [4.69, 9.17) is 9.47 Å². The fourth-order valence-electron chi connectivity index (χ4n) is 1.55. The normalized spacial score (nSPS) is 12.3. The molecule has 0 heterocycles. The van der Waals surface area contributed by atoms with Crippen molar-refractivity contribution < 1.29 is 19.4 Å². The fraction of sp³-hybridized carbons (Fsp3) is 0.500. The van der Waals surface area contributed by atoms with E-state index in [0.717, 1.165) is 5.56 Å². The van der Waals surface area contributed by atoms with Crippen molar-refractivity contribution in [3.63, 3.8) is 0 Å². The summed E-state index contributed by atoms with van der Waals surface area (Å²) < 4.78 is 10.7. The molecular formula is C14H20O4. The molecule has 1 unspecified atom stereocenters. The third kappa shape index (κ3) is 4.37. The molecule has 0 radical (unpaired) electrons. The Bertz CT molecular complexity index is 412. The maximum absolute atomic E-state index is 11.0. The summed E-state index contributed by atoms with van der Waals surface area (Å²) in [4.78, 5) is 11.0. The minimum Gasteiger partial charge on any atom is -0.491 e. The number of hydrogen-bond acceptors (Lipinski definition) is 4. The number of carbonyl (C=O) groups is 1. The van der Waals surface area contributed by atoms with Crippen molar-refractivity contribution in [1.82, 2.24) is 0 Å². The Morgan fingerprint density at radius 3 is 2.33 bits per heavy atom. The highest BCUT2D eigenvalue weighted by atomic mass is 16.5. The quantitative estimate of drug-likeness (QED) is 0.646. The number of benzene rings is 1. The molecule has 1 rings (SSSR count). The van der Waals surface area contributed by atoms with Crippen LogP contribution in [0.15, 0.2) is 18.2 Å². The van der Waals surface area contributed by atoms with Crippen molar-refractivity contribution in [3.8, 4) is 11.5 Å². The van der Waals surface area contributed by atoms with Crippen molar-refractivity contribution in [2.45, 2.75) is 39.7 Å². The van der Waals surface area contributed by atoms with Crippen LogP contribution in [0.4, 0.5) is 0 Å². The summed E-state index contributed by atoms with van der Waals surface area (Å²) in [5.74, 6) is 0.671. The Hall–Kier alpha value is -1.55. The minimum absolute atomic E-state index is 0.0324. The highest BCUT2D eigenvalue weighted by Crippen LogP contribution is 2.28. The van der Waals surface area contributed by atoms with E-state index in [1.54, 1.807) is 12.1 Å². The van der Waals surface area contributed by atoms with Crippen LogP contribution >= 0.6 is 0 Å². The van der Waals surface area contributed by atoms with Crippen LogP contribution in [-0.2, 0) is 4.79 Å². The van der Waals surface area contributed by atoms with Gasteiger partial charge in [0.25, 0.3) is 0 Å². The predicted molar refractivity (Wildman–Crippen MR) is 69.0 cm³/mol. The van der Waals surface area contributed by atoms with E-state index in [1.165, 1.54) is 6.92 Å². The number of ether oxygens (including phenoxy) is 2. The molecule has 0 aromatic heterocycles. The number of aliphatic hydroxyl groups excluding tert-OH is 1. The van der Waals surface area contributed by atoms with E-state index in [9.17, 15) is 9.90 Å². The van der Waals surface area contributed by atoms with Gasteiger partial charge in [0.1, 0.15) is 11.5 Å². The number of aliphatic hydroxyl groups is 1. The predicted octanol–water partition coefficient (Wildman–Crippen LogP) is 2.49. The van der Waals surface area contributed by atoms with Gasteiger partial charge in [-0.2, -0.15) is 0 Å². The van der Waals surface area contributed by atoms with Crippen LogP contribution in [0.2, 0.25) is 0 Å². The molecule has 0 fully saturated rings. The van der Waals surface area contributed by atoms with Gasteiger partial charge < -0.3 is 14.6 Å². The summed E-state index contributed by atoms with van der Waals surface area (Å²) in [6.45, 7) is 7.13. The summed E-state index contributed by atoms with van der Waals surface area (Å²) >= 11 is 0. The molecule has 0 bridgehead atoms. The fourth-order valence-corrected chi connectivity index (χ4v) is 1.55. The van der Waals surface area contributed by atoms with Crippen LogP contribution in [0, 0.1) is 0 Å². The average molecular weight is 252 g/mol. The lowest BCUT2D eigenvalue weighted by atomic mass is 10.0. The first-order valence-electron chi connectivity index (χ1n) is 6.03. The first kappa shape index (κ1) is 14.5. The number of carbonyl (C=O) groups excluding carboxylic acids is 1. The molecule has 0 spiro atoms. The van der Waals surface area contributed by atoms with Gasteiger partial charge in [-0.15, -0.1) is 0 Å². The lowest BCUT2D eigenvalue weighted by Crippen LogP contribution is -2.08. The van der Waals surface area contributed by atoms with Gasteiger partial charge in [-0.3, -0.25) is 4.79 Å². The molecule has 1 N–H and O–H groups in total. The Balaban J connectivity index is 3.06. The van der Waals surface area contributed by atoms with Crippen LogP contribution in [0.25, 0.3) is 0 Å². The zero-order valence-electron chi connectivity index (χ0n) is 11.3. The highest BCUT2D eigenvalue weighted by molar-refractivity contribution is 5.69. The second-order valence-corrected chi connectivity index (χ2v) is 4.58. The molecule has 1 aromatic rings. The van der Waals surface area contributed by atoms with Crippen LogP contribution in [-0.4, -0.2) is 23.8 Å². The summed E-state index contributed by atoms with van der Waals surface area (Å²) in [7, 11) is 0. The van der Waals surface area contributed by atoms with Crippen LogP contribution in [0.5, 0.6) is 11.5 Å². The maximum atomic E-state index is 11.0. The van der Waals surface area contributed by atoms with Gasteiger partial charge in [0, 0.05) is 25.5 Å². The Morgan fingerprint density at radius 2 is 1.83 bits per heavy atom. The summed E-state index contributed by atoms with van der Waals surface area (Å²) in [5, 5.41) is 9.19. The Kier molecular flexibility index (Phi) is 5.16. The molecule has 0 aliphatic carbocycles. The molecule has 0 aliphatic heterocycles. The van der Waals surface area contributed by atoms with Crippen LogP contribution in [0.1, 0.15) is 39.2 Å². The second kappa shape index (κ2) is 6.40. The van der Waals surface area contributed by atoms with Gasteiger partial charge in [-0.1, -0.05) is 6.92 Å². The van der Waals surface area contributed by atoms with Gasteiger partial charge in [-0.25, -0.2) is 0 Å². The molecule has 18 heavy (non-hydrogen) atoms. The standard InChI is InChI=1S/C14H20O4/c1-9(2)17-13-5-12(10(3)8-15)6-14(7-13)18-11(4)16/h5-7,9-10,15H,8H2,1-4H3. The first-order valence-corrected chi connectivity index (χ1v) is 6.03. The number of hydrogen-bond donors (Lipinski definition) is 1. The maximum Gasteiger partial charge on any atom is 0.308 e. The topological polar surface area (TPSA) is 55.8 Å². The summed E-state index contributed by atoms with van der Waals surface area (Å²) in [6, 6.07) is 5.28. The van der Waals surface area contributed by atoms with Crippen molar-refractivity contribution in [2.75, 3.05) is 6.61 Å². The second-order valence-electron chi connectivity index (χ2n) is 4.58. The van der Waals surface area contributed by atoms with Crippen molar-refractivity contribution >= 4 is 5.97 Å². The molecule has 4 heteroatoms. The number of esters is 1. The van der Waals surface area contributed by atoms with E-state index in [-0.39, 0.29) is 24.6 Å². The minimum atomic E-state index is -0.376. The summed E-state index contributed by atoms with van der Waals surface area (Å²) in [6.07, 6.45) is 0.0369. The van der Waals surface area contributed by atoms with Crippen LogP contribution in [0.3, 0.4) is 0 Å². The lowest BCUT2D eigenvalue weighted by molar-refractivity contribution is -0.131. The molecule has 0 saturated heterocycles. The zero-order chi connectivity index (χ0) is 13.7. The average Bonchev–Trinajstić information content (AvgIpc) is 2.25. The molecular weight excluding hydrogens is 232 g/mol. The van der Waals surface area contributed by atoms with Crippen molar-refractivity contribution in [3.05, 3.63) is 23.8 Å². The highest BCUT2D eigenvalue weighted by Gasteiger charge is 2.11. The van der Waals surface area contributed by atoms with Gasteiger partial charge in [0.05, 0.1) is 6.10 Å². The lowest BCUT2D eigenvalue weighted by Gasteiger charge is -2.15. The molecule has 0 amide bonds. The third-order valence-electron chi connectivity index (χ3n) is 2.38. The van der Waals surface area contributed by atoms with Crippen LogP contribution < -0.4 is 9.47 Å². The Morgan fingerprint density at radius 1 is 1.22 bits per heavy atom. The van der Waals surface area contributed by atoms with Gasteiger partial charge in [-0.05, 0) is 31.5 Å². The zero-order valence-corrected chi connectivity index (χ0v) is 11.3. The van der Waals surface area contributed by atoms with E-state index in [0.29, 0.717) is 11.5 Å². The van der Waals surface area contributed by atoms with E-state index >= 15 is 0 Å². The van der Waals surface area contributed by atoms with E-state index < -0.39 is 0 Å². The smallest absolute Gasteiger partial charge is 0.308 e. The van der Waals surface area contributed by atoms with Gasteiger partial charge >= 0.3 is 5.97 Å². The monoisotopic (exact) mass is 252 g/mol. The van der Waals surface area contributed by atoms with E-state index in [1.807, 2.05) is 26.8 Å². The van der Waals surface area contributed by atoms with Gasteiger partial charge in [0.15, 0.2) is 0 Å². The SMILES string of the molecule is CC(=O)Oc1cc(OC(C)C)cc(C(C)CO)c1. The molecule has 0 aliphatic rings. The first-order chi connectivity index (χ1) is 8.42. The molecule has 0 saturated carbocycles. The molecule has 1 aromatic carbocycles. The summed E-state index contributed by atoms with van der Waals surface area (Å²) in [5.41, 5.74) is 0.881. The van der Waals surface area contributed by atoms with Crippen molar-refractivity contribution in [2.24, 2.45) is 0 Å². The Labute approximate surface area is 108 Å². The van der Waals surface area contributed by atoms with Crippen molar-refractivity contribution in [1.29, 1.82) is 0 Å². The largest absolute Gasteiger partial charge is 0.491 e. The molecule has 1 atom stereocenters. The molecule has 100 valence electrons. The third-order valence-corrected chi connectivity index (χ3v) is 2.38. The van der Waals surface area contributed by atoms with Gasteiger partial charge in [0.2, 0.25) is 0 Å².